The van der Waals surface area contributed by atoms with Crippen LogP contribution in [0.25, 0.3) is 22.0 Å². The Kier molecular flexibility index (Phi) is 10.0. The predicted molar refractivity (Wildman–Crippen MR) is 180 cm³/mol. The van der Waals surface area contributed by atoms with Gasteiger partial charge in [-0.1, -0.05) is 36.8 Å². The second-order valence-corrected chi connectivity index (χ2v) is 12.5. The number of ether oxygens (including phenoxy) is 1. The highest BCUT2D eigenvalue weighted by Crippen LogP contribution is 2.34. The van der Waals surface area contributed by atoms with Gasteiger partial charge in [-0.3, -0.25) is 19.6 Å². The van der Waals surface area contributed by atoms with Crippen LogP contribution in [0, 0.1) is 13.8 Å². The molecule has 4 heterocycles. The van der Waals surface area contributed by atoms with Crippen LogP contribution in [-0.2, 0) is 22.5 Å². The van der Waals surface area contributed by atoms with Crippen molar-refractivity contribution in [3.63, 3.8) is 0 Å². The monoisotopic (exact) mass is 607 g/mol. The highest BCUT2D eigenvalue weighted by Gasteiger charge is 2.28. The van der Waals surface area contributed by atoms with Crippen LogP contribution in [0.3, 0.4) is 0 Å². The lowest BCUT2D eigenvalue weighted by Gasteiger charge is -2.32. The molecule has 2 aromatic carbocycles. The van der Waals surface area contributed by atoms with Crippen molar-refractivity contribution in [1.29, 1.82) is 0 Å². The number of aliphatic carboxylic acids is 1. The molecule has 2 fully saturated rings. The number of aromatic nitrogens is 2. The summed E-state index contributed by atoms with van der Waals surface area (Å²) in [6, 6.07) is 16.8. The van der Waals surface area contributed by atoms with E-state index in [1.165, 1.54) is 40.7 Å². The maximum Gasteiger partial charge on any atom is 0.320 e. The summed E-state index contributed by atoms with van der Waals surface area (Å²) in [6.45, 7) is 10.8. The van der Waals surface area contributed by atoms with E-state index < -0.39 is 12.0 Å². The maximum absolute atomic E-state index is 11.8. The van der Waals surface area contributed by atoms with Gasteiger partial charge in [0.25, 0.3) is 0 Å². The van der Waals surface area contributed by atoms with E-state index >= 15 is 0 Å². The number of unbranched alkanes of at least 4 members (excludes halogenated alkanes) is 1. The number of carboxylic acids is 1. The van der Waals surface area contributed by atoms with Gasteiger partial charge >= 0.3 is 5.97 Å². The Morgan fingerprint density at radius 2 is 1.78 bits per heavy atom. The van der Waals surface area contributed by atoms with Gasteiger partial charge in [0, 0.05) is 43.1 Å². The summed E-state index contributed by atoms with van der Waals surface area (Å²) in [5, 5.41) is 14.3. The second-order valence-electron chi connectivity index (χ2n) is 12.5. The van der Waals surface area contributed by atoms with Gasteiger partial charge < -0.3 is 15.2 Å². The number of likely N-dealkylation sites (tertiary alicyclic amines) is 1. The molecule has 2 aliphatic heterocycles. The quantitative estimate of drug-likeness (QED) is 0.181. The average Bonchev–Trinajstić information content (AvgIpc) is 3.05. The van der Waals surface area contributed by atoms with E-state index in [9.17, 15) is 9.90 Å². The van der Waals surface area contributed by atoms with E-state index in [0.29, 0.717) is 18.8 Å². The number of hydrogen-bond acceptors (Lipinski definition) is 7. The van der Waals surface area contributed by atoms with Crippen LogP contribution < -0.4 is 5.32 Å². The summed E-state index contributed by atoms with van der Waals surface area (Å²) in [7, 11) is 0. The highest BCUT2D eigenvalue weighted by atomic mass is 16.5. The first kappa shape index (κ1) is 31.1. The van der Waals surface area contributed by atoms with Gasteiger partial charge in [0.1, 0.15) is 11.6 Å². The first-order chi connectivity index (χ1) is 22.0. The van der Waals surface area contributed by atoms with Crippen molar-refractivity contribution in [2.45, 2.75) is 65.0 Å². The molecule has 1 unspecified atom stereocenters. The van der Waals surface area contributed by atoms with Crippen molar-refractivity contribution >= 4 is 28.4 Å². The lowest BCUT2D eigenvalue weighted by atomic mass is 9.91. The Balaban J connectivity index is 1.17. The molecule has 8 nitrogen and oxygen atoms in total. The SMILES string of the molecule is Cc1c(CCCCN2CCOCC2)cccc1-c1cccc(Nc2nccc3cc(CN4CCCCC4C(=O)O)cnc23)c1C. The van der Waals surface area contributed by atoms with Gasteiger partial charge in [-0.2, -0.15) is 0 Å². The zero-order valence-corrected chi connectivity index (χ0v) is 26.6. The molecule has 0 aliphatic carbocycles. The normalized spacial score (nSPS) is 17.9. The number of carboxylic acid groups (broad SMARTS) is 1. The minimum Gasteiger partial charge on any atom is -0.480 e. The summed E-state index contributed by atoms with van der Waals surface area (Å²) in [4.78, 5) is 25.8. The summed E-state index contributed by atoms with van der Waals surface area (Å²) in [5.41, 5.74) is 9.25. The van der Waals surface area contributed by atoms with Crippen molar-refractivity contribution in [1.82, 2.24) is 19.8 Å². The van der Waals surface area contributed by atoms with Crippen molar-refractivity contribution in [2.75, 3.05) is 44.7 Å². The van der Waals surface area contributed by atoms with Crippen molar-refractivity contribution in [2.24, 2.45) is 0 Å². The van der Waals surface area contributed by atoms with E-state index in [1.54, 1.807) is 0 Å². The van der Waals surface area contributed by atoms with Crippen LogP contribution in [0.4, 0.5) is 11.5 Å². The molecule has 0 spiro atoms. The topological polar surface area (TPSA) is 90.8 Å². The van der Waals surface area contributed by atoms with Gasteiger partial charge in [-0.25, -0.2) is 4.98 Å². The Labute approximate surface area is 266 Å². The highest BCUT2D eigenvalue weighted by molar-refractivity contribution is 5.91. The van der Waals surface area contributed by atoms with Crippen molar-refractivity contribution < 1.29 is 14.6 Å². The summed E-state index contributed by atoms with van der Waals surface area (Å²) in [6.07, 6.45) is 9.84. The molecular weight excluding hydrogens is 562 g/mol. The number of pyridine rings is 2. The zero-order valence-electron chi connectivity index (χ0n) is 26.6. The second kappa shape index (κ2) is 14.5. The number of hydrogen-bond donors (Lipinski definition) is 2. The fraction of sp³-hybridized carbons (Fsp3) is 0.432. The first-order valence-corrected chi connectivity index (χ1v) is 16.4. The molecule has 2 saturated heterocycles. The van der Waals surface area contributed by atoms with Gasteiger partial charge in [-0.05, 0) is 111 Å². The molecule has 2 N–H and O–H groups in total. The largest absolute Gasteiger partial charge is 0.480 e. The van der Waals surface area contributed by atoms with Crippen molar-refractivity contribution in [3.05, 3.63) is 83.2 Å². The minimum absolute atomic E-state index is 0.427. The molecule has 2 aliphatic rings. The summed E-state index contributed by atoms with van der Waals surface area (Å²) >= 11 is 0. The molecule has 0 bridgehead atoms. The smallest absolute Gasteiger partial charge is 0.320 e. The molecule has 1 atom stereocenters. The lowest BCUT2D eigenvalue weighted by Crippen LogP contribution is -2.44. The van der Waals surface area contributed by atoms with Gasteiger partial charge in [0.2, 0.25) is 0 Å². The lowest BCUT2D eigenvalue weighted by molar-refractivity contribution is -0.144. The number of carbonyl (C=O) groups is 1. The number of anilines is 2. The van der Waals surface area contributed by atoms with Crippen LogP contribution in [0.15, 0.2) is 60.9 Å². The molecule has 0 amide bonds. The first-order valence-electron chi connectivity index (χ1n) is 16.4. The van der Waals surface area contributed by atoms with E-state index in [4.69, 9.17) is 9.72 Å². The number of nitrogens with one attached hydrogen (secondary N) is 1. The van der Waals surface area contributed by atoms with Gasteiger partial charge in [0.05, 0.1) is 13.2 Å². The van der Waals surface area contributed by atoms with E-state index in [2.05, 4.69) is 76.4 Å². The molecule has 236 valence electrons. The van der Waals surface area contributed by atoms with E-state index in [0.717, 1.165) is 80.8 Å². The molecule has 45 heavy (non-hydrogen) atoms. The van der Waals surface area contributed by atoms with Crippen LogP contribution in [0.2, 0.25) is 0 Å². The molecule has 0 saturated carbocycles. The third-order valence-electron chi connectivity index (χ3n) is 9.54. The Bertz CT molecular complexity index is 1630. The number of fused-ring (bicyclic) bond motifs is 1. The molecule has 4 aromatic rings. The van der Waals surface area contributed by atoms with E-state index in [-0.39, 0.29) is 0 Å². The average molecular weight is 608 g/mol. The summed E-state index contributed by atoms with van der Waals surface area (Å²) < 4.78 is 5.48. The number of nitrogens with zero attached hydrogens (tertiary/aromatic N) is 4. The maximum atomic E-state index is 11.8. The molecule has 6 rings (SSSR count). The van der Waals surface area contributed by atoms with Crippen LogP contribution in [0.5, 0.6) is 0 Å². The Hall–Kier alpha value is -3.85. The molecule has 2 aromatic heterocycles. The third kappa shape index (κ3) is 7.35. The number of morpholine rings is 1. The standard InChI is InChI=1S/C37H45N5O3/c1-26-29(9-3-5-17-41-19-21-45-22-20-41)10-7-11-31(26)32-12-8-13-33(27(32)2)40-36-35-30(15-16-38-36)23-28(24-39-35)25-42-18-6-4-14-34(42)37(43)44/h7-8,10-13,15-16,23-24,34H,3-6,9,14,17-22,25H2,1-2H3,(H,38,40)(H,43,44). The Morgan fingerprint density at radius 1 is 0.978 bits per heavy atom. The fourth-order valence-corrected chi connectivity index (χ4v) is 6.89. The molecular formula is C37H45N5O3. The Morgan fingerprint density at radius 3 is 2.60 bits per heavy atom. The van der Waals surface area contributed by atoms with Crippen molar-refractivity contribution in [3.8, 4) is 11.1 Å². The molecule has 0 radical (unpaired) electrons. The number of piperidine rings is 1. The van der Waals surface area contributed by atoms with Gasteiger partial charge in [0.15, 0.2) is 5.82 Å². The molecule has 8 heteroatoms. The van der Waals surface area contributed by atoms with Crippen LogP contribution >= 0.6 is 0 Å². The number of rotatable bonds is 11. The van der Waals surface area contributed by atoms with Gasteiger partial charge in [-0.15, -0.1) is 0 Å². The van der Waals surface area contributed by atoms with E-state index in [1.807, 2.05) is 18.5 Å². The van der Waals surface area contributed by atoms with Crippen LogP contribution in [-0.4, -0.2) is 76.3 Å². The fourth-order valence-electron chi connectivity index (χ4n) is 6.89. The zero-order chi connectivity index (χ0) is 31.2. The summed E-state index contributed by atoms with van der Waals surface area (Å²) in [5.74, 6) is -0.0236. The van der Waals surface area contributed by atoms with Crippen LogP contribution in [0.1, 0.15) is 54.4 Å². The third-order valence-corrected chi connectivity index (χ3v) is 9.54. The minimum atomic E-state index is -0.738. The predicted octanol–water partition coefficient (Wildman–Crippen LogP) is 6.75. The number of benzene rings is 2. The number of aryl methyl sites for hydroxylation is 1.